The largest absolute Gasteiger partial charge is 0.389 e. The number of likely N-dealkylation sites (tertiary alicyclic amines) is 1. The zero-order chi connectivity index (χ0) is 16.8. The summed E-state index contributed by atoms with van der Waals surface area (Å²) >= 11 is 0. The van der Waals surface area contributed by atoms with Crippen molar-refractivity contribution in [2.45, 2.75) is 42.9 Å². The van der Waals surface area contributed by atoms with Crippen LogP contribution in [0.25, 0.3) is 0 Å². The fourth-order valence-corrected chi connectivity index (χ4v) is 4.60. The first-order valence-electron chi connectivity index (χ1n) is 7.91. The van der Waals surface area contributed by atoms with E-state index in [4.69, 9.17) is 0 Å². The first kappa shape index (κ1) is 16.9. The summed E-state index contributed by atoms with van der Waals surface area (Å²) in [6, 6.07) is 6.99. The number of piperidine rings is 1. The van der Waals surface area contributed by atoms with Gasteiger partial charge in [-0.3, -0.25) is 4.90 Å². The Morgan fingerprint density at radius 1 is 1.17 bits per heavy atom. The Morgan fingerprint density at radius 2 is 1.78 bits per heavy atom. The summed E-state index contributed by atoms with van der Waals surface area (Å²) in [4.78, 5) is 2.40. The van der Waals surface area contributed by atoms with E-state index in [-0.39, 0.29) is 6.04 Å². The molecule has 0 saturated carbocycles. The van der Waals surface area contributed by atoms with Gasteiger partial charge in [-0.05, 0) is 32.4 Å². The van der Waals surface area contributed by atoms with E-state index in [2.05, 4.69) is 4.90 Å². The second-order valence-corrected chi connectivity index (χ2v) is 8.84. The SMILES string of the molecule is Cc1ccc(S(=O)(=O)N2CC(N3CC[C@@](C)(O)[C@H](O)C3)C2)cc1. The third-order valence-corrected chi connectivity index (χ3v) is 6.88. The maximum Gasteiger partial charge on any atom is 0.243 e. The van der Waals surface area contributed by atoms with Gasteiger partial charge in [0.2, 0.25) is 10.0 Å². The van der Waals surface area contributed by atoms with Crippen LogP contribution in [-0.4, -0.2) is 71.8 Å². The van der Waals surface area contributed by atoms with E-state index in [1.807, 2.05) is 6.92 Å². The monoisotopic (exact) mass is 340 g/mol. The molecule has 0 unspecified atom stereocenters. The number of nitrogens with zero attached hydrogens (tertiary/aromatic N) is 2. The zero-order valence-corrected chi connectivity index (χ0v) is 14.3. The molecule has 23 heavy (non-hydrogen) atoms. The molecular formula is C16H24N2O4S. The predicted octanol–water partition coefficient (Wildman–Crippen LogP) is 0.186. The standard InChI is InChI=1S/C16H24N2O4S/c1-12-3-5-14(6-4-12)23(21,22)18-9-13(10-18)17-8-7-16(2,20)15(19)11-17/h3-6,13,15,19-20H,7-11H2,1-2H3/t15-,16-/m1/s1. The van der Waals surface area contributed by atoms with Crippen LogP contribution in [0.2, 0.25) is 0 Å². The van der Waals surface area contributed by atoms with Gasteiger partial charge < -0.3 is 10.2 Å². The summed E-state index contributed by atoms with van der Waals surface area (Å²) in [7, 11) is -3.43. The molecule has 2 aliphatic rings. The highest BCUT2D eigenvalue weighted by atomic mass is 32.2. The summed E-state index contributed by atoms with van der Waals surface area (Å²) in [5.74, 6) is 0. The fraction of sp³-hybridized carbons (Fsp3) is 0.625. The number of aryl methyl sites for hydroxylation is 1. The average molecular weight is 340 g/mol. The van der Waals surface area contributed by atoms with Gasteiger partial charge in [-0.1, -0.05) is 17.7 Å². The van der Waals surface area contributed by atoms with Crippen molar-refractivity contribution in [2.24, 2.45) is 0 Å². The van der Waals surface area contributed by atoms with E-state index < -0.39 is 21.7 Å². The Labute approximate surface area is 137 Å². The van der Waals surface area contributed by atoms with E-state index in [1.54, 1.807) is 31.2 Å². The summed E-state index contributed by atoms with van der Waals surface area (Å²) < 4.78 is 26.6. The fourth-order valence-electron chi connectivity index (χ4n) is 3.08. The highest BCUT2D eigenvalue weighted by molar-refractivity contribution is 7.89. The molecule has 1 aromatic rings. The van der Waals surface area contributed by atoms with Crippen LogP contribution in [0.15, 0.2) is 29.2 Å². The van der Waals surface area contributed by atoms with Crippen molar-refractivity contribution in [3.8, 4) is 0 Å². The normalized spacial score (nSPS) is 31.0. The molecular weight excluding hydrogens is 316 g/mol. The number of rotatable bonds is 3. The smallest absolute Gasteiger partial charge is 0.243 e. The lowest BCUT2D eigenvalue weighted by atomic mass is 9.89. The number of hydrogen-bond acceptors (Lipinski definition) is 5. The molecule has 3 rings (SSSR count). The van der Waals surface area contributed by atoms with Crippen LogP contribution in [0.5, 0.6) is 0 Å². The van der Waals surface area contributed by atoms with E-state index in [9.17, 15) is 18.6 Å². The Bertz CT molecular complexity index is 666. The Morgan fingerprint density at radius 3 is 2.35 bits per heavy atom. The number of β-amino-alcohol motifs (C(OH)–C–C–N with tert-alkyl or cyclic N) is 1. The first-order valence-corrected chi connectivity index (χ1v) is 9.35. The van der Waals surface area contributed by atoms with Gasteiger partial charge in [-0.15, -0.1) is 0 Å². The van der Waals surface area contributed by atoms with Crippen molar-refractivity contribution < 1.29 is 18.6 Å². The molecule has 2 atom stereocenters. The van der Waals surface area contributed by atoms with Crippen molar-refractivity contribution in [3.05, 3.63) is 29.8 Å². The molecule has 0 spiro atoms. The number of hydrogen-bond donors (Lipinski definition) is 2. The van der Waals surface area contributed by atoms with Crippen LogP contribution in [0.4, 0.5) is 0 Å². The van der Waals surface area contributed by atoms with E-state index in [1.165, 1.54) is 4.31 Å². The number of sulfonamides is 1. The van der Waals surface area contributed by atoms with Crippen molar-refractivity contribution in [2.75, 3.05) is 26.2 Å². The van der Waals surface area contributed by atoms with Crippen LogP contribution < -0.4 is 0 Å². The zero-order valence-electron chi connectivity index (χ0n) is 13.5. The average Bonchev–Trinajstić information content (AvgIpc) is 2.41. The molecule has 2 heterocycles. The molecule has 2 aliphatic heterocycles. The quantitative estimate of drug-likeness (QED) is 0.821. The van der Waals surface area contributed by atoms with Gasteiger partial charge in [-0.2, -0.15) is 4.31 Å². The number of aliphatic hydroxyl groups is 2. The first-order chi connectivity index (χ1) is 10.7. The molecule has 2 N–H and O–H groups in total. The summed E-state index contributed by atoms with van der Waals surface area (Å²) in [6.07, 6.45) is -0.297. The van der Waals surface area contributed by atoms with Gasteiger partial charge in [0.1, 0.15) is 0 Å². The third-order valence-electron chi connectivity index (χ3n) is 5.03. The number of benzene rings is 1. The molecule has 0 radical (unpaired) electrons. The second-order valence-electron chi connectivity index (χ2n) is 6.91. The molecule has 0 bridgehead atoms. The lowest BCUT2D eigenvalue weighted by Crippen LogP contribution is -2.65. The van der Waals surface area contributed by atoms with Crippen molar-refractivity contribution in [3.63, 3.8) is 0 Å². The highest BCUT2D eigenvalue weighted by Crippen LogP contribution is 2.29. The molecule has 2 saturated heterocycles. The van der Waals surface area contributed by atoms with Gasteiger partial charge in [0, 0.05) is 32.2 Å². The predicted molar refractivity (Wildman–Crippen MR) is 86.5 cm³/mol. The molecule has 0 aromatic heterocycles. The highest BCUT2D eigenvalue weighted by Gasteiger charge is 2.44. The lowest BCUT2D eigenvalue weighted by Gasteiger charge is -2.49. The molecule has 128 valence electrons. The van der Waals surface area contributed by atoms with Gasteiger partial charge in [-0.25, -0.2) is 8.42 Å². The molecule has 6 nitrogen and oxygen atoms in total. The summed E-state index contributed by atoms with van der Waals surface area (Å²) in [6.45, 7) is 5.50. The Balaban J connectivity index is 1.62. The molecule has 0 aliphatic carbocycles. The maximum absolute atomic E-state index is 12.5. The van der Waals surface area contributed by atoms with E-state index in [0.29, 0.717) is 37.5 Å². The van der Waals surface area contributed by atoms with Crippen molar-refractivity contribution in [1.29, 1.82) is 0 Å². The van der Waals surface area contributed by atoms with Gasteiger partial charge in [0.15, 0.2) is 0 Å². The third kappa shape index (κ3) is 3.16. The minimum atomic E-state index is -3.43. The van der Waals surface area contributed by atoms with Crippen LogP contribution in [0.1, 0.15) is 18.9 Å². The summed E-state index contributed by atoms with van der Waals surface area (Å²) in [5, 5.41) is 20.0. The molecule has 0 amide bonds. The lowest BCUT2D eigenvalue weighted by molar-refractivity contribution is -0.121. The molecule has 1 aromatic carbocycles. The Hall–Kier alpha value is -0.990. The topological polar surface area (TPSA) is 81.1 Å². The van der Waals surface area contributed by atoms with Crippen molar-refractivity contribution in [1.82, 2.24) is 9.21 Å². The summed E-state index contributed by atoms with van der Waals surface area (Å²) in [5.41, 5.74) is -0.0201. The minimum absolute atomic E-state index is 0.112. The molecule has 7 heteroatoms. The van der Waals surface area contributed by atoms with Crippen LogP contribution in [0, 0.1) is 6.92 Å². The van der Waals surface area contributed by atoms with E-state index >= 15 is 0 Å². The van der Waals surface area contributed by atoms with Crippen LogP contribution >= 0.6 is 0 Å². The van der Waals surface area contributed by atoms with Gasteiger partial charge in [0.05, 0.1) is 16.6 Å². The van der Waals surface area contributed by atoms with Crippen LogP contribution in [-0.2, 0) is 10.0 Å². The number of aliphatic hydroxyl groups excluding tert-OH is 1. The van der Waals surface area contributed by atoms with Crippen LogP contribution in [0.3, 0.4) is 0 Å². The minimum Gasteiger partial charge on any atom is -0.389 e. The van der Waals surface area contributed by atoms with Crippen molar-refractivity contribution >= 4 is 10.0 Å². The van der Waals surface area contributed by atoms with E-state index in [0.717, 1.165) is 5.56 Å². The maximum atomic E-state index is 12.5. The Kier molecular flexibility index (Phi) is 4.27. The van der Waals surface area contributed by atoms with Gasteiger partial charge >= 0.3 is 0 Å². The molecule has 2 fully saturated rings. The van der Waals surface area contributed by atoms with Gasteiger partial charge in [0.25, 0.3) is 0 Å². The second kappa shape index (κ2) is 5.82.